The number of aryl methyl sites for hydroxylation is 1. The van der Waals surface area contributed by atoms with Crippen LogP contribution in [0, 0.1) is 18.3 Å². The minimum absolute atomic E-state index is 0.0148. The summed E-state index contributed by atoms with van der Waals surface area (Å²) >= 11 is 0. The Labute approximate surface area is 141 Å². The van der Waals surface area contributed by atoms with Crippen LogP contribution >= 0.6 is 0 Å². The molecule has 0 saturated carbocycles. The first-order chi connectivity index (χ1) is 11.6. The van der Waals surface area contributed by atoms with E-state index in [-0.39, 0.29) is 5.57 Å². The van der Waals surface area contributed by atoms with Crippen molar-refractivity contribution in [2.45, 2.75) is 6.92 Å². The van der Waals surface area contributed by atoms with E-state index in [0.29, 0.717) is 22.7 Å². The van der Waals surface area contributed by atoms with E-state index in [2.05, 4.69) is 5.32 Å². The van der Waals surface area contributed by atoms with Crippen LogP contribution in [-0.2, 0) is 4.79 Å². The zero-order valence-corrected chi connectivity index (χ0v) is 13.8. The Bertz CT molecular complexity index is 802. The highest BCUT2D eigenvalue weighted by Gasteiger charge is 2.11. The van der Waals surface area contributed by atoms with Gasteiger partial charge in [0.15, 0.2) is 0 Å². The predicted molar refractivity (Wildman–Crippen MR) is 92.9 cm³/mol. The summed E-state index contributed by atoms with van der Waals surface area (Å²) in [4.78, 5) is 12.3. The number of carbonyl (C=O) groups excluding carboxylic acids is 1. The highest BCUT2D eigenvalue weighted by atomic mass is 16.5. The zero-order valence-electron chi connectivity index (χ0n) is 13.8. The molecule has 5 heteroatoms. The van der Waals surface area contributed by atoms with E-state index < -0.39 is 5.91 Å². The number of hydrogen-bond donors (Lipinski definition) is 1. The van der Waals surface area contributed by atoms with Crippen molar-refractivity contribution < 1.29 is 14.3 Å². The Kier molecular flexibility index (Phi) is 5.58. The van der Waals surface area contributed by atoms with Gasteiger partial charge in [0, 0.05) is 17.3 Å². The van der Waals surface area contributed by atoms with Crippen LogP contribution in [0.15, 0.2) is 48.0 Å². The third-order valence-corrected chi connectivity index (χ3v) is 3.41. The topological polar surface area (TPSA) is 71.3 Å². The maximum absolute atomic E-state index is 12.3. The number of anilines is 1. The molecule has 0 aliphatic rings. The van der Waals surface area contributed by atoms with Gasteiger partial charge >= 0.3 is 0 Å². The van der Waals surface area contributed by atoms with Crippen molar-refractivity contribution in [3.8, 4) is 17.6 Å². The normalized spacial score (nSPS) is 10.7. The van der Waals surface area contributed by atoms with Crippen LogP contribution < -0.4 is 14.8 Å². The number of nitriles is 1. The van der Waals surface area contributed by atoms with Crippen molar-refractivity contribution in [1.82, 2.24) is 0 Å². The number of ether oxygens (including phenoxy) is 2. The summed E-state index contributed by atoms with van der Waals surface area (Å²) in [6.45, 7) is 1.96. The molecule has 1 N–H and O–H groups in total. The molecule has 0 saturated heterocycles. The Balaban J connectivity index is 2.27. The molecule has 0 atom stereocenters. The second-order valence-corrected chi connectivity index (χ2v) is 5.10. The van der Waals surface area contributed by atoms with E-state index >= 15 is 0 Å². The van der Waals surface area contributed by atoms with Gasteiger partial charge < -0.3 is 14.8 Å². The summed E-state index contributed by atoms with van der Waals surface area (Å²) in [5.41, 5.74) is 2.33. The van der Waals surface area contributed by atoms with Crippen molar-refractivity contribution in [2.75, 3.05) is 19.5 Å². The molecule has 0 unspecified atom stereocenters. The third-order valence-electron chi connectivity index (χ3n) is 3.41. The molecular weight excluding hydrogens is 304 g/mol. The van der Waals surface area contributed by atoms with Crippen molar-refractivity contribution in [3.63, 3.8) is 0 Å². The summed E-state index contributed by atoms with van der Waals surface area (Å²) in [5.74, 6) is 0.677. The van der Waals surface area contributed by atoms with Gasteiger partial charge in [0.1, 0.15) is 23.1 Å². The number of nitrogens with zero attached hydrogens (tertiary/aromatic N) is 1. The Hall–Kier alpha value is -3.26. The highest BCUT2D eigenvalue weighted by Crippen LogP contribution is 2.26. The van der Waals surface area contributed by atoms with Gasteiger partial charge in [-0.15, -0.1) is 0 Å². The number of amides is 1. The fraction of sp³-hybridized carbons (Fsp3) is 0.158. The van der Waals surface area contributed by atoms with E-state index in [1.54, 1.807) is 37.4 Å². The van der Waals surface area contributed by atoms with Gasteiger partial charge in [0.25, 0.3) is 5.91 Å². The monoisotopic (exact) mass is 322 g/mol. The SMILES string of the molecule is COc1ccc(C=C(C#N)C(=O)Nc2ccc(C)cc2)c(OC)c1. The van der Waals surface area contributed by atoms with E-state index in [4.69, 9.17) is 9.47 Å². The van der Waals surface area contributed by atoms with Gasteiger partial charge in [-0.25, -0.2) is 0 Å². The molecule has 24 heavy (non-hydrogen) atoms. The fourth-order valence-corrected chi connectivity index (χ4v) is 2.08. The van der Waals surface area contributed by atoms with Crippen molar-refractivity contribution >= 4 is 17.7 Å². The summed E-state index contributed by atoms with van der Waals surface area (Å²) in [6.07, 6.45) is 1.49. The average Bonchev–Trinajstić information content (AvgIpc) is 2.61. The maximum Gasteiger partial charge on any atom is 0.266 e. The van der Waals surface area contributed by atoms with Gasteiger partial charge in [0.2, 0.25) is 0 Å². The smallest absolute Gasteiger partial charge is 0.266 e. The molecule has 0 fully saturated rings. The second-order valence-electron chi connectivity index (χ2n) is 5.10. The second kappa shape index (κ2) is 7.84. The number of hydrogen-bond acceptors (Lipinski definition) is 4. The molecule has 0 spiro atoms. The van der Waals surface area contributed by atoms with Crippen LogP contribution in [0.4, 0.5) is 5.69 Å². The van der Waals surface area contributed by atoms with Crippen molar-refractivity contribution in [3.05, 3.63) is 59.2 Å². The summed E-state index contributed by atoms with van der Waals surface area (Å²) in [7, 11) is 3.07. The molecule has 0 heterocycles. The lowest BCUT2D eigenvalue weighted by molar-refractivity contribution is -0.112. The fourth-order valence-electron chi connectivity index (χ4n) is 2.08. The molecule has 2 rings (SSSR count). The van der Waals surface area contributed by atoms with Crippen LogP contribution in [0.3, 0.4) is 0 Å². The van der Waals surface area contributed by atoms with Crippen LogP contribution in [0.1, 0.15) is 11.1 Å². The number of nitrogens with one attached hydrogen (secondary N) is 1. The van der Waals surface area contributed by atoms with E-state index in [0.717, 1.165) is 5.56 Å². The lowest BCUT2D eigenvalue weighted by Gasteiger charge is -2.08. The molecule has 0 aliphatic heterocycles. The molecule has 2 aromatic carbocycles. The van der Waals surface area contributed by atoms with Crippen molar-refractivity contribution in [2.24, 2.45) is 0 Å². The largest absolute Gasteiger partial charge is 0.497 e. The van der Waals surface area contributed by atoms with Gasteiger partial charge in [-0.05, 0) is 37.3 Å². The molecule has 122 valence electrons. The first kappa shape index (κ1) is 17.1. The van der Waals surface area contributed by atoms with Gasteiger partial charge in [-0.1, -0.05) is 17.7 Å². The first-order valence-corrected chi connectivity index (χ1v) is 7.29. The van der Waals surface area contributed by atoms with Gasteiger partial charge in [-0.2, -0.15) is 5.26 Å². The molecule has 1 amide bonds. The average molecular weight is 322 g/mol. The Morgan fingerprint density at radius 1 is 1.12 bits per heavy atom. The minimum atomic E-state index is -0.473. The van der Waals surface area contributed by atoms with E-state index in [1.165, 1.54) is 13.2 Å². The van der Waals surface area contributed by atoms with Crippen LogP contribution in [0.2, 0.25) is 0 Å². The minimum Gasteiger partial charge on any atom is -0.497 e. The molecule has 0 aliphatic carbocycles. The number of methoxy groups -OCH3 is 2. The number of rotatable bonds is 5. The Morgan fingerprint density at radius 2 is 1.83 bits per heavy atom. The molecule has 2 aromatic rings. The van der Waals surface area contributed by atoms with Crippen molar-refractivity contribution in [1.29, 1.82) is 5.26 Å². The maximum atomic E-state index is 12.3. The third kappa shape index (κ3) is 4.14. The molecular formula is C19H18N2O3. The highest BCUT2D eigenvalue weighted by molar-refractivity contribution is 6.09. The summed E-state index contributed by atoms with van der Waals surface area (Å²) in [6, 6.07) is 14.4. The number of carbonyl (C=O) groups is 1. The first-order valence-electron chi connectivity index (χ1n) is 7.29. The van der Waals surface area contributed by atoms with Crippen LogP contribution in [0.25, 0.3) is 6.08 Å². The van der Waals surface area contributed by atoms with Crippen LogP contribution in [0.5, 0.6) is 11.5 Å². The van der Waals surface area contributed by atoms with E-state index in [9.17, 15) is 10.1 Å². The molecule has 5 nitrogen and oxygen atoms in total. The van der Waals surface area contributed by atoms with Gasteiger partial charge in [-0.3, -0.25) is 4.79 Å². The Morgan fingerprint density at radius 3 is 2.42 bits per heavy atom. The predicted octanol–water partition coefficient (Wildman–Crippen LogP) is 3.56. The summed E-state index contributed by atoms with van der Waals surface area (Å²) < 4.78 is 10.4. The molecule has 0 radical (unpaired) electrons. The molecule has 0 bridgehead atoms. The lowest BCUT2D eigenvalue weighted by atomic mass is 10.1. The summed E-state index contributed by atoms with van der Waals surface area (Å²) in [5, 5.41) is 12.0. The lowest BCUT2D eigenvalue weighted by Crippen LogP contribution is -2.13. The van der Waals surface area contributed by atoms with Crippen LogP contribution in [-0.4, -0.2) is 20.1 Å². The standard InChI is InChI=1S/C19H18N2O3/c1-13-4-7-16(8-5-13)21-19(22)15(12-20)10-14-6-9-17(23-2)11-18(14)24-3/h4-11H,1-3H3,(H,21,22). The number of benzene rings is 2. The zero-order chi connectivity index (χ0) is 17.5. The quantitative estimate of drug-likeness (QED) is 0.675. The van der Waals surface area contributed by atoms with E-state index in [1.807, 2.05) is 25.1 Å². The molecule has 0 aromatic heterocycles. The van der Waals surface area contributed by atoms with Gasteiger partial charge in [0.05, 0.1) is 14.2 Å².